The molecule has 0 aliphatic rings. The summed E-state index contributed by atoms with van der Waals surface area (Å²) in [5.74, 6) is -0.671. The van der Waals surface area contributed by atoms with Gasteiger partial charge in [0.15, 0.2) is 5.13 Å². The molecule has 2 aromatic heterocycles. The summed E-state index contributed by atoms with van der Waals surface area (Å²) in [5, 5.41) is 15.0. The number of ether oxygens (including phenoxy) is 1. The predicted molar refractivity (Wildman–Crippen MR) is 111 cm³/mol. The lowest BCUT2D eigenvalue weighted by molar-refractivity contribution is -0.115. The van der Waals surface area contributed by atoms with Crippen molar-refractivity contribution in [1.82, 2.24) is 25.2 Å². The highest BCUT2D eigenvalue weighted by Crippen LogP contribution is 2.28. The largest absolute Gasteiger partial charge is 0.462 e. The third-order valence-corrected chi connectivity index (χ3v) is 6.19. The second kappa shape index (κ2) is 9.61. The first-order chi connectivity index (χ1) is 14.0. The number of hydrogen-bond donors (Lipinski definition) is 1. The summed E-state index contributed by atoms with van der Waals surface area (Å²) < 4.78 is 6.60. The molecule has 0 aliphatic heterocycles. The minimum absolute atomic E-state index is 0.232. The van der Waals surface area contributed by atoms with E-state index >= 15 is 0 Å². The maximum Gasteiger partial charge on any atom is 0.350 e. The van der Waals surface area contributed by atoms with Gasteiger partial charge in [-0.05, 0) is 42.8 Å². The fourth-order valence-electron chi connectivity index (χ4n) is 2.45. The van der Waals surface area contributed by atoms with E-state index in [0.29, 0.717) is 27.3 Å². The average molecular weight is 433 g/mol. The van der Waals surface area contributed by atoms with E-state index < -0.39 is 11.2 Å². The van der Waals surface area contributed by atoms with Crippen LogP contribution >= 0.6 is 23.1 Å². The molecule has 1 aromatic carbocycles. The van der Waals surface area contributed by atoms with E-state index in [0.717, 1.165) is 17.0 Å². The van der Waals surface area contributed by atoms with Crippen LogP contribution in [0.2, 0.25) is 0 Å². The number of thiazole rings is 1. The number of aromatic nitrogens is 5. The Bertz CT molecular complexity index is 989. The summed E-state index contributed by atoms with van der Waals surface area (Å²) in [5.41, 5.74) is 1.34. The first-order valence-electron chi connectivity index (χ1n) is 8.99. The van der Waals surface area contributed by atoms with Crippen LogP contribution in [0.1, 0.15) is 35.6 Å². The second-order valence-corrected chi connectivity index (χ2v) is 8.04. The SMILES string of the molecule is CCOC(=O)c1sc(NC(=O)[C@@H](CC)Sc2nnnn2-c2ccccc2)nc1C. The van der Waals surface area contributed by atoms with Crippen molar-refractivity contribution in [3.63, 3.8) is 0 Å². The molecule has 0 saturated heterocycles. The second-order valence-electron chi connectivity index (χ2n) is 5.87. The number of nitrogens with zero attached hydrogens (tertiary/aromatic N) is 5. The van der Waals surface area contributed by atoms with Crippen LogP contribution in [0.15, 0.2) is 35.5 Å². The molecule has 0 aliphatic carbocycles. The lowest BCUT2D eigenvalue weighted by atomic mass is 10.3. The van der Waals surface area contributed by atoms with Crippen LogP contribution < -0.4 is 5.32 Å². The Kier molecular flexibility index (Phi) is 6.94. The Labute approximate surface area is 175 Å². The molecule has 0 unspecified atom stereocenters. The van der Waals surface area contributed by atoms with Gasteiger partial charge in [-0.3, -0.25) is 4.79 Å². The number of para-hydroxylation sites is 1. The molecule has 1 amide bonds. The molecule has 1 atom stereocenters. The minimum Gasteiger partial charge on any atom is -0.462 e. The number of anilines is 1. The molecule has 152 valence electrons. The van der Waals surface area contributed by atoms with Crippen molar-refractivity contribution in [2.75, 3.05) is 11.9 Å². The Morgan fingerprint density at radius 2 is 2.03 bits per heavy atom. The number of amides is 1. The molecule has 3 rings (SSSR count). The molecule has 2 heterocycles. The molecule has 3 aromatic rings. The Morgan fingerprint density at radius 3 is 2.72 bits per heavy atom. The molecular weight excluding hydrogens is 412 g/mol. The van der Waals surface area contributed by atoms with Gasteiger partial charge in [-0.1, -0.05) is 48.2 Å². The number of rotatable bonds is 8. The molecule has 29 heavy (non-hydrogen) atoms. The number of hydrogen-bond acceptors (Lipinski definition) is 9. The van der Waals surface area contributed by atoms with Crippen LogP contribution in [0.3, 0.4) is 0 Å². The zero-order chi connectivity index (χ0) is 20.8. The van der Waals surface area contributed by atoms with E-state index in [-0.39, 0.29) is 12.5 Å². The van der Waals surface area contributed by atoms with E-state index in [4.69, 9.17) is 4.74 Å². The van der Waals surface area contributed by atoms with Gasteiger partial charge in [0, 0.05) is 0 Å². The van der Waals surface area contributed by atoms with Gasteiger partial charge < -0.3 is 10.1 Å². The van der Waals surface area contributed by atoms with E-state index in [9.17, 15) is 9.59 Å². The van der Waals surface area contributed by atoms with Crippen LogP contribution in [0.25, 0.3) is 5.69 Å². The zero-order valence-electron chi connectivity index (χ0n) is 16.2. The maximum atomic E-state index is 12.8. The predicted octanol–water partition coefficient (Wildman–Crippen LogP) is 3.11. The van der Waals surface area contributed by atoms with Gasteiger partial charge in [0.25, 0.3) is 0 Å². The highest BCUT2D eigenvalue weighted by Gasteiger charge is 2.24. The standard InChI is InChI=1S/C18H20N6O3S2/c1-4-13(28-18-21-22-23-24(18)12-9-7-6-8-10-12)15(25)20-17-19-11(3)14(29-17)16(26)27-5-2/h6-10,13H,4-5H2,1-3H3,(H,19,20,25)/t13-/m1/s1. The van der Waals surface area contributed by atoms with Gasteiger partial charge in [0.05, 0.1) is 23.2 Å². The average Bonchev–Trinajstić information content (AvgIpc) is 3.33. The summed E-state index contributed by atoms with van der Waals surface area (Å²) in [6.45, 7) is 5.63. The molecule has 0 saturated carbocycles. The van der Waals surface area contributed by atoms with E-state index in [2.05, 4.69) is 25.8 Å². The van der Waals surface area contributed by atoms with Crippen LogP contribution in [0, 0.1) is 6.92 Å². The first kappa shape index (κ1) is 20.9. The van der Waals surface area contributed by atoms with Crippen molar-refractivity contribution in [2.24, 2.45) is 0 Å². The van der Waals surface area contributed by atoms with Crippen molar-refractivity contribution >= 4 is 40.1 Å². The third-order valence-electron chi connectivity index (χ3n) is 3.84. The van der Waals surface area contributed by atoms with Gasteiger partial charge >= 0.3 is 5.97 Å². The molecule has 0 bridgehead atoms. The lowest BCUT2D eigenvalue weighted by Gasteiger charge is -2.13. The Hall–Kier alpha value is -2.79. The third kappa shape index (κ3) is 4.98. The van der Waals surface area contributed by atoms with Crippen LogP contribution in [-0.2, 0) is 9.53 Å². The van der Waals surface area contributed by atoms with Gasteiger partial charge in [-0.25, -0.2) is 9.78 Å². The van der Waals surface area contributed by atoms with Gasteiger partial charge in [0.2, 0.25) is 11.1 Å². The smallest absolute Gasteiger partial charge is 0.350 e. The van der Waals surface area contributed by atoms with Gasteiger partial charge in [0.1, 0.15) is 4.88 Å². The molecule has 0 radical (unpaired) electrons. The Balaban J connectivity index is 1.72. The van der Waals surface area contributed by atoms with Crippen molar-refractivity contribution in [3.05, 3.63) is 40.9 Å². The van der Waals surface area contributed by atoms with E-state index in [1.54, 1.807) is 18.5 Å². The van der Waals surface area contributed by atoms with Gasteiger partial charge in [-0.2, -0.15) is 4.68 Å². The van der Waals surface area contributed by atoms with Crippen LogP contribution in [0.5, 0.6) is 0 Å². The van der Waals surface area contributed by atoms with Crippen molar-refractivity contribution in [1.29, 1.82) is 0 Å². The maximum absolute atomic E-state index is 12.8. The fraction of sp³-hybridized carbons (Fsp3) is 0.333. The number of tetrazole rings is 1. The Morgan fingerprint density at radius 1 is 1.28 bits per heavy atom. The number of aryl methyl sites for hydroxylation is 1. The molecule has 9 nitrogen and oxygen atoms in total. The quantitative estimate of drug-likeness (QED) is 0.427. The summed E-state index contributed by atoms with van der Waals surface area (Å²) in [7, 11) is 0. The zero-order valence-corrected chi connectivity index (χ0v) is 17.8. The number of carbonyl (C=O) groups is 2. The first-order valence-corrected chi connectivity index (χ1v) is 10.7. The molecule has 11 heteroatoms. The molecule has 0 spiro atoms. The van der Waals surface area contributed by atoms with Crippen molar-refractivity contribution in [2.45, 2.75) is 37.6 Å². The monoisotopic (exact) mass is 432 g/mol. The molecular formula is C18H20N6O3S2. The minimum atomic E-state index is -0.438. The fourth-order valence-corrected chi connectivity index (χ4v) is 4.23. The summed E-state index contributed by atoms with van der Waals surface area (Å²) in [6.07, 6.45) is 0.563. The van der Waals surface area contributed by atoms with Crippen LogP contribution in [0.4, 0.5) is 5.13 Å². The van der Waals surface area contributed by atoms with Gasteiger partial charge in [-0.15, -0.1) is 5.10 Å². The number of carbonyl (C=O) groups excluding carboxylic acids is 2. The summed E-state index contributed by atoms with van der Waals surface area (Å²) in [4.78, 5) is 29.4. The van der Waals surface area contributed by atoms with Crippen molar-refractivity contribution < 1.29 is 14.3 Å². The number of benzene rings is 1. The van der Waals surface area contributed by atoms with E-state index in [1.165, 1.54) is 11.8 Å². The normalized spacial score (nSPS) is 11.8. The van der Waals surface area contributed by atoms with Crippen molar-refractivity contribution in [3.8, 4) is 5.69 Å². The topological polar surface area (TPSA) is 112 Å². The number of esters is 1. The number of thioether (sulfide) groups is 1. The number of nitrogens with one attached hydrogen (secondary N) is 1. The van der Waals surface area contributed by atoms with E-state index in [1.807, 2.05) is 37.3 Å². The lowest BCUT2D eigenvalue weighted by Crippen LogP contribution is -2.25. The highest BCUT2D eigenvalue weighted by atomic mass is 32.2. The molecule has 0 fully saturated rings. The van der Waals surface area contributed by atoms with Crippen LogP contribution in [-0.4, -0.2) is 48.9 Å². The molecule has 1 N–H and O–H groups in total. The highest BCUT2D eigenvalue weighted by molar-refractivity contribution is 8.00. The summed E-state index contributed by atoms with van der Waals surface area (Å²) >= 11 is 2.37. The summed E-state index contributed by atoms with van der Waals surface area (Å²) in [6, 6.07) is 9.46.